The summed E-state index contributed by atoms with van der Waals surface area (Å²) in [4.78, 5) is 19.2. The largest absolute Gasteiger partial charge is 0.361 e. The summed E-state index contributed by atoms with van der Waals surface area (Å²) >= 11 is 3.33. The maximum atomic E-state index is 12.1. The van der Waals surface area contributed by atoms with Gasteiger partial charge in [0.25, 0.3) is 0 Å². The molecule has 3 aromatic rings. The molecule has 0 aliphatic carbocycles. The number of para-hydroxylation sites is 1. The maximum Gasteiger partial charge on any atom is 0.228 e. The van der Waals surface area contributed by atoms with E-state index in [1.165, 1.54) is 0 Å². The van der Waals surface area contributed by atoms with Gasteiger partial charge >= 0.3 is 0 Å². The number of hydrogen-bond donors (Lipinski definition) is 2. The van der Waals surface area contributed by atoms with Gasteiger partial charge in [-0.1, -0.05) is 18.2 Å². The molecule has 0 spiro atoms. The number of anilines is 1. The molecule has 0 saturated heterocycles. The lowest BCUT2D eigenvalue weighted by Gasteiger charge is -2.04. The smallest absolute Gasteiger partial charge is 0.228 e. The summed E-state index contributed by atoms with van der Waals surface area (Å²) < 4.78 is 0.836. The molecular formula is C15H12BrN3O. The molecule has 0 aliphatic rings. The molecule has 2 heterocycles. The summed E-state index contributed by atoms with van der Waals surface area (Å²) in [7, 11) is 0. The van der Waals surface area contributed by atoms with Crippen LogP contribution in [0, 0.1) is 0 Å². The number of carbonyl (C=O) groups excluding carboxylic acids is 1. The molecule has 20 heavy (non-hydrogen) atoms. The van der Waals surface area contributed by atoms with E-state index in [0.29, 0.717) is 12.1 Å². The van der Waals surface area contributed by atoms with E-state index in [-0.39, 0.29) is 5.91 Å². The van der Waals surface area contributed by atoms with Crippen LogP contribution in [0.3, 0.4) is 0 Å². The number of H-pyrrole nitrogens is 1. The van der Waals surface area contributed by atoms with E-state index in [0.717, 1.165) is 20.9 Å². The second-order valence-corrected chi connectivity index (χ2v) is 5.39. The van der Waals surface area contributed by atoms with Gasteiger partial charge in [-0.25, -0.2) is 0 Å². The van der Waals surface area contributed by atoms with Gasteiger partial charge < -0.3 is 10.3 Å². The van der Waals surface area contributed by atoms with Gasteiger partial charge in [-0.05, 0) is 33.6 Å². The Hall–Kier alpha value is -2.14. The molecular weight excluding hydrogens is 318 g/mol. The number of fused-ring (bicyclic) bond motifs is 1. The predicted molar refractivity (Wildman–Crippen MR) is 82.6 cm³/mol. The summed E-state index contributed by atoms with van der Waals surface area (Å²) in [5, 5.41) is 3.92. The van der Waals surface area contributed by atoms with E-state index in [9.17, 15) is 4.79 Å². The number of amides is 1. The van der Waals surface area contributed by atoms with Crippen molar-refractivity contribution in [1.29, 1.82) is 0 Å². The number of rotatable bonds is 3. The van der Waals surface area contributed by atoms with Crippen LogP contribution in [0.2, 0.25) is 0 Å². The number of aromatic amines is 1. The van der Waals surface area contributed by atoms with Crippen molar-refractivity contribution in [3.8, 4) is 0 Å². The first-order chi connectivity index (χ1) is 9.72. The molecule has 2 N–H and O–H groups in total. The van der Waals surface area contributed by atoms with Crippen molar-refractivity contribution < 1.29 is 4.79 Å². The Morgan fingerprint density at radius 1 is 1.30 bits per heavy atom. The zero-order chi connectivity index (χ0) is 13.9. The molecule has 4 nitrogen and oxygen atoms in total. The lowest BCUT2D eigenvalue weighted by atomic mass is 10.1. The van der Waals surface area contributed by atoms with Crippen LogP contribution in [0.15, 0.2) is 53.4 Å². The van der Waals surface area contributed by atoms with E-state index in [1.54, 1.807) is 12.4 Å². The Balaban J connectivity index is 1.76. The molecule has 1 amide bonds. The Morgan fingerprint density at radius 2 is 2.15 bits per heavy atom. The lowest BCUT2D eigenvalue weighted by molar-refractivity contribution is -0.115. The third-order valence-electron chi connectivity index (χ3n) is 3.01. The Bertz CT molecular complexity index is 766. The number of carbonyl (C=O) groups is 1. The number of nitrogens with one attached hydrogen (secondary N) is 2. The van der Waals surface area contributed by atoms with Gasteiger partial charge in [0.15, 0.2) is 0 Å². The van der Waals surface area contributed by atoms with Crippen LogP contribution in [-0.2, 0) is 11.2 Å². The third-order valence-corrected chi connectivity index (χ3v) is 3.45. The summed E-state index contributed by atoms with van der Waals surface area (Å²) in [6.45, 7) is 0. The van der Waals surface area contributed by atoms with E-state index < -0.39 is 0 Å². The minimum absolute atomic E-state index is 0.0605. The normalized spacial score (nSPS) is 10.7. The summed E-state index contributed by atoms with van der Waals surface area (Å²) in [6.07, 6.45) is 5.51. The third kappa shape index (κ3) is 2.72. The van der Waals surface area contributed by atoms with Gasteiger partial charge in [0.2, 0.25) is 5.91 Å². The van der Waals surface area contributed by atoms with E-state index >= 15 is 0 Å². The van der Waals surface area contributed by atoms with Crippen LogP contribution in [0.25, 0.3) is 10.9 Å². The molecule has 100 valence electrons. The molecule has 5 heteroatoms. The highest BCUT2D eigenvalue weighted by Crippen LogP contribution is 2.19. The van der Waals surface area contributed by atoms with Gasteiger partial charge in [-0.2, -0.15) is 0 Å². The summed E-state index contributed by atoms with van der Waals surface area (Å²) in [5.41, 5.74) is 2.71. The molecule has 3 rings (SSSR count). The predicted octanol–water partition coefficient (Wildman–Crippen LogP) is 3.51. The quantitative estimate of drug-likeness (QED) is 0.772. The molecule has 0 radical (unpaired) electrons. The first-order valence-corrected chi connectivity index (χ1v) is 6.97. The molecule has 0 aliphatic heterocycles. The van der Waals surface area contributed by atoms with Gasteiger partial charge in [0, 0.05) is 27.8 Å². The molecule has 1 aromatic carbocycles. The second kappa shape index (κ2) is 5.46. The molecule has 0 fully saturated rings. The first kappa shape index (κ1) is 12.9. The number of hydrogen-bond acceptors (Lipinski definition) is 2. The van der Waals surface area contributed by atoms with Crippen LogP contribution in [0.5, 0.6) is 0 Å². The summed E-state index contributed by atoms with van der Waals surface area (Å²) in [5.74, 6) is -0.0605. The Kier molecular flexibility index (Phi) is 3.52. The minimum atomic E-state index is -0.0605. The standard InChI is InChI=1S/C15H12BrN3O/c16-11-6-12(9-17-8-11)19-15(20)5-10-7-18-14-4-2-1-3-13(10)14/h1-4,6-9,18H,5H2,(H,19,20). The highest BCUT2D eigenvalue weighted by Gasteiger charge is 2.09. The maximum absolute atomic E-state index is 12.1. The van der Waals surface area contributed by atoms with Crippen molar-refractivity contribution in [1.82, 2.24) is 9.97 Å². The first-order valence-electron chi connectivity index (χ1n) is 6.18. The topological polar surface area (TPSA) is 57.8 Å². The average Bonchev–Trinajstić information content (AvgIpc) is 2.82. The van der Waals surface area contributed by atoms with Gasteiger partial charge in [-0.3, -0.25) is 9.78 Å². The van der Waals surface area contributed by atoms with Crippen LogP contribution in [0.1, 0.15) is 5.56 Å². The van der Waals surface area contributed by atoms with Crippen molar-refractivity contribution >= 4 is 38.4 Å². The minimum Gasteiger partial charge on any atom is -0.361 e. The number of benzene rings is 1. The van der Waals surface area contributed by atoms with E-state index in [1.807, 2.05) is 36.5 Å². The number of halogens is 1. The number of nitrogens with zero attached hydrogens (tertiary/aromatic N) is 1. The highest BCUT2D eigenvalue weighted by molar-refractivity contribution is 9.10. The Morgan fingerprint density at radius 3 is 3.00 bits per heavy atom. The average molecular weight is 330 g/mol. The van der Waals surface area contributed by atoms with Gasteiger partial charge in [0.1, 0.15) is 0 Å². The van der Waals surface area contributed by atoms with Crippen LogP contribution < -0.4 is 5.32 Å². The zero-order valence-corrected chi connectivity index (χ0v) is 12.1. The van der Waals surface area contributed by atoms with Crippen molar-refractivity contribution in [3.63, 3.8) is 0 Å². The second-order valence-electron chi connectivity index (χ2n) is 4.48. The van der Waals surface area contributed by atoms with E-state index in [4.69, 9.17) is 0 Å². The Labute approximate surface area is 124 Å². The molecule has 2 aromatic heterocycles. The molecule has 0 bridgehead atoms. The van der Waals surface area contributed by atoms with Crippen molar-refractivity contribution in [2.75, 3.05) is 5.32 Å². The van der Waals surface area contributed by atoms with E-state index in [2.05, 4.69) is 31.2 Å². The SMILES string of the molecule is O=C(Cc1c[nH]c2ccccc12)Nc1cncc(Br)c1. The van der Waals surface area contributed by atoms with Crippen LogP contribution >= 0.6 is 15.9 Å². The number of aromatic nitrogens is 2. The van der Waals surface area contributed by atoms with Gasteiger partial charge in [-0.15, -0.1) is 0 Å². The van der Waals surface area contributed by atoms with Gasteiger partial charge in [0.05, 0.1) is 18.3 Å². The zero-order valence-electron chi connectivity index (χ0n) is 10.6. The fraction of sp³-hybridized carbons (Fsp3) is 0.0667. The monoisotopic (exact) mass is 329 g/mol. The van der Waals surface area contributed by atoms with Crippen molar-refractivity contribution in [2.24, 2.45) is 0 Å². The van der Waals surface area contributed by atoms with Crippen LogP contribution in [0.4, 0.5) is 5.69 Å². The molecule has 0 saturated carbocycles. The van der Waals surface area contributed by atoms with Crippen molar-refractivity contribution in [2.45, 2.75) is 6.42 Å². The molecule has 0 unspecified atom stereocenters. The lowest BCUT2D eigenvalue weighted by Crippen LogP contribution is -2.14. The number of pyridine rings is 1. The molecule has 0 atom stereocenters. The summed E-state index contributed by atoms with van der Waals surface area (Å²) in [6, 6.07) is 9.76. The fourth-order valence-corrected chi connectivity index (χ4v) is 2.50. The van der Waals surface area contributed by atoms with Crippen molar-refractivity contribution in [3.05, 3.63) is 59.0 Å². The van der Waals surface area contributed by atoms with Crippen LogP contribution in [-0.4, -0.2) is 15.9 Å². The highest BCUT2D eigenvalue weighted by atomic mass is 79.9. The fourth-order valence-electron chi connectivity index (χ4n) is 2.14.